The number of nitrogens with one attached hydrogen (secondary N) is 1. The molecule has 0 bridgehead atoms. The first-order valence-electron chi connectivity index (χ1n) is 7.81. The SMILES string of the molecule is Cc1c(Cl)cccc1NCC(=O)N(Cc1ccccc1)C(C)C. The van der Waals surface area contributed by atoms with E-state index in [9.17, 15) is 4.79 Å². The lowest BCUT2D eigenvalue weighted by Crippen LogP contribution is -2.39. The number of hydrogen-bond donors (Lipinski definition) is 1. The highest BCUT2D eigenvalue weighted by Crippen LogP contribution is 2.22. The Morgan fingerprint density at radius 2 is 1.83 bits per heavy atom. The summed E-state index contributed by atoms with van der Waals surface area (Å²) < 4.78 is 0. The Bertz CT molecular complexity index is 656. The van der Waals surface area contributed by atoms with Gasteiger partial charge >= 0.3 is 0 Å². The van der Waals surface area contributed by atoms with Gasteiger partial charge in [-0.1, -0.05) is 48.0 Å². The zero-order chi connectivity index (χ0) is 16.8. The van der Waals surface area contributed by atoms with Gasteiger partial charge in [0, 0.05) is 23.3 Å². The van der Waals surface area contributed by atoms with Gasteiger partial charge in [-0.15, -0.1) is 0 Å². The van der Waals surface area contributed by atoms with Crippen molar-refractivity contribution in [1.29, 1.82) is 0 Å². The number of amides is 1. The molecule has 0 heterocycles. The molecule has 0 aromatic heterocycles. The van der Waals surface area contributed by atoms with E-state index in [0.717, 1.165) is 16.8 Å². The van der Waals surface area contributed by atoms with Crippen molar-refractivity contribution in [2.45, 2.75) is 33.4 Å². The third kappa shape index (κ3) is 4.73. The monoisotopic (exact) mass is 330 g/mol. The van der Waals surface area contributed by atoms with Crippen molar-refractivity contribution >= 4 is 23.2 Å². The summed E-state index contributed by atoms with van der Waals surface area (Å²) in [5.41, 5.74) is 2.99. The van der Waals surface area contributed by atoms with Crippen molar-refractivity contribution in [2.24, 2.45) is 0 Å². The number of benzene rings is 2. The molecule has 0 atom stereocenters. The van der Waals surface area contributed by atoms with E-state index in [2.05, 4.69) is 5.32 Å². The normalized spacial score (nSPS) is 10.7. The molecule has 1 N–H and O–H groups in total. The molecule has 0 unspecified atom stereocenters. The van der Waals surface area contributed by atoms with Gasteiger partial charge in [0.05, 0.1) is 6.54 Å². The Hall–Kier alpha value is -2.00. The summed E-state index contributed by atoms with van der Waals surface area (Å²) in [5.74, 6) is 0.0724. The molecule has 0 saturated heterocycles. The maximum Gasteiger partial charge on any atom is 0.242 e. The van der Waals surface area contributed by atoms with Crippen LogP contribution in [-0.4, -0.2) is 23.4 Å². The second-order valence-corrected chi connectivity index (χ2v) is 6.27. The average Bonchev–Trinajstić information content (AvgIpc) is 2.54. The van der Waals surface area contributed by atoms with E-state index >= 15 is 0 Å². The standard InChI is InChI=1S/C19H23ClN2O/c1-14(2)22(13-16-8-5-4-6-9-16)19(23)12-21-18-11-7-10-17(20)15(18)3/h4-11,14,21H,12-13H2,1-3H3. The highest BCUT2D eigenvalue weighted by atomic mass is 35.5. The number of halogens is 1. The van der Waals surface area contributed by atoms with Gasteiger partial charge in [0.25, 0.3) is 0 Å². The molecule has 3 nitrogen and oxygen atoms in total. The van der Waals surface area contributed by atoms with Crippen LogP contribution in [0.4, 0.5) is 5.69 Å². The molecular formula is C19H23ClN2O. The van der Waals surface area contributed by atoms with Crippen molar-refractivity contribution < 1.29 is 4.79 Å². The average molecular weight is 331 g/mol. The summed E-state index contributed by atoms with van der Waals surface area (Å²) in [5, 5.41) is 3.90. The second-order valence-electron chi connectivity index (χ2n) is 5.87. The van der Waals surface area contributed by atoms with Crippen LogP contribution >= 0.6 is 11.6 Å². The topological polar surface area (TPSA) is 32.3 Å². The van der Waals surface area contributed by atoms with Crippen molar-refractivity contribution in [2.75, 3.05) is 11.9 Å². The Morgan fingerprint density at radius 3 is 2.48 bits per heavy atom. The van der Waals surface area contributed by atoms with Gasteiger partial charge in [0.1, 0.15) is 0 Å². The second kappa shape index (κ2) is 8.02. The summed E-state index contributed by atoms with van der Waals surface area (Å²) in [6.45, 7) is 6.88. The molecule has 0 aliphatic carbocycles. The van der Waals surface area contributed by atoms with Crippen LogP contribution in [0.25, 0.3) is 0 Å². The zero-order valence-corrected chi connectivity index (χ0v) is 14.6. The minimum atomic E-state index is 0.0724. The number of nitrogens with zero attached hydrogens (tertiary/aromatic N) is 1. The fraction of sp³-hybridized carbons (Fsp3) is 0.316. The number of carbonyl (C=O) groups excluding carboxylic acids is 1. The molecule has 2 rings (SSSR count). The number of rotatable bonds is 6. The van der Waals surface area contributed by atoms with E-state index in [1.807, 2.05) is 74.2 Å². The van der Waals surface area contributed by atoms with Crippen molar-refractivity contribution in [1.82, 2.24) is 4.90 Å². The Labute approximate surface area is 143 Å². The van der Waals surface area contributed by atoms with E-state index in [0.29, 0.717) is 11.6 Å². The number of anilines is 1. The lowest BCUT2D eigenvalue weighted by molar-refractivity contribution is -0.131. The van der Waals surface area contributed by atoms with E-state index < -0.39 is 0 Å². The van der Waals surface area contributed by atoms with Crippen LogP contribution in [0, 0.1) is 6.92 Å². The van der Waals surface area contributed by atoms with E-state index in [-0.39, 0.29) is 18.5 Å². The molecule has 1 amide bonds. The maximum absolute atomic E-state index is 12.6. The van der Waals surface area contributed by atoms with Gasteiger partial charge < -0.3 is 10.2 Å². The number of carbonyl (C=O) groups is 1. The van der Waals surface area contributed by atoms with E-state index in [1.54, 1.807) is 0 Å². The number of hydrogen-bond acceptors (Lipinski definition) is 2. The van der Waals surface area contributed by atoms with Crippen LogP contribution in [0.5, 0.6) is 0 Å². The van der Waals surface area contributed by atoms with Gasteiger partial charge in [-0.3, -0.25) is 4.79 Å². The molecule has 2 aromatic carbocycles. The highest BCUT2D eigenvalue weighted by Gasteiger charge is 2.17. The van der Waals surface area contributed by atoms with Gasteiger partial charge in [-0.25, -0.2) is 0 Å². The first-order valence-corrected chi connectivity index (χ1v) is 8.19. The van der Waals surface area contributed by atoms with Crippen LogP contribution in [0.3, 0.4) is 0 Å². The molecule has 0 aliphatic heterocycles. The maximum atomic E-state index is 12.6. The predicted octanol–water partition coefficient (Wildman–Crippen LogP) is 4.50. The lowest BCUT2D eigenvalue weighted by atomic mass is 10.2. The van der Waals surface area contributed by atoms with Crippen molar-refractivity contribution in [3.8, 4) is 0 Å². The summed E-state index contributed by atoms with van der Waals surface area (Å²) in [7, 11) is 0. The summed E-state index contributed by atoms with van der Waals surface area (Å²) >= 11 is 6.11. The van der Waals surface area contributed by atoms with Crippen LogP contribution in [0.2, 0.25) is 5.02 Å². The molecule has 0 aliphatic rings. The lowest BCUT2D eigenvalue weighted by Gasteiger charge is -2.27. The largest absolute Gasteiger partial charge is 0.376 e. The third-order valence-electron chi connectivity index (χ3n) is 3.84. The van der Waals surface area contributed by atoms with Crippen LogP contribution in [0.1, 0.15) is 25.0 Å². The van der Waals surface area contributed by atoms with Crippen LogP contribution in [0.15, 0.2) is 48.5 Å². The Kier molecular flexibility index (Phi) is 6.05. The molecule has 23 heavy (non-hydrogen) atoms. The molecule has 0 fully saturated rings. The van der Waals surface area contributed by atoms with Crippen molar-refractivity contribution in [3.05, 3.63) is 64.7 Å². The molecule has 4 heteroatoms. The first kappa shape index (κ1) is 17.4. The fourth-order valence-electron chi connectivity index (χ4n) is 2.41. The minimum absolute atomic E-state index is 0.0724. The highest BCUT2D eigenvalue weighted by molar-refractivity contribution is 6.31. The van der Waals surface area contributed by atoms with Gasteiger partial charge in [-0.2, -0.15) is 0 Å². The zero-order valence-electron chi connectivity index (χ0n) is 13.8. The van der Waals surface area contributed by atoms with Crippen molar-refractivity contribution in [3.63, 3.8) is 0 Å². The van der Waals surface area contributed by atoms with E-state index in [4.69, 9.17) is 11.6 Å². The van der Waals surface area contributed by atoms with Crippen LogP contribution in [-0.2, 0) is 11.3 Å². The van der Waals surface area contributed by atoms with Gasteiger partial charge in [0.2, 0.25) is 5.91 Å². The predicted molar refractivity (Wildman–Crippen MR) is 96.8 cm³/mol. The Morgan fingerprint density at radius 1 is 1.13 bits per heavy atom. The van der Waals surface area contributed by atoms with E-state index in [1.165, 1.54) is 0 Å². The smallest absolute Gasteiger partial charge is 0.242 e. The molecule has 122 valence electrons. The summed E-state index contributed by atoms with van der Waals surface area (Å²) in [4.78, 5) is 14.5. The fourth-order valence-corrected chi connectivity index (χ4v) is 2.58. The summed E-state index contributed by atoms with van der Waals surface area (Å²) in [6, 6.07) is 15.8. The molecule has 0 saturated carbocycles. The third-order valence-corrected chi connectivity index (χ3v) is 4.25. The molecule has 0 radical (unpaired) electrons. The quantitative estimate of drug-likeness (QED) is 0.846. The first-order chi connectivity index (χ1) is 11.0. The Balaban J connectivity index is 2.02. The molecular weight excluding hydrogens is 308 g/mol. The van der Waals surface area contributed by atoms with Gasteiger partial charge in [0.15, 0.2) is 0 Å². The van der Waals surface area contributed by atoms with Crippen LogP contribution < -0.4 is 5.32 Å². The minimum Gasteiger partial charge on any atom is -0.376 e. The molecule has 2 aromatic rings. The van der Waals surface area contributed by atoms with Gasteiger partial charge in [-0.05, 0) is 44.0 Å². The molecule has 0 spiro atoms. The summed E-state index contributed by atoms with van der Waals surface area (Å²) in [6.07, 6.45) is 0.